The molecule has 4 aromatic rings. The Labute approximate surface area is 166 Å². The fourth-order valence-corrected chi connectivity index (χ4v) is 5.00. The number of hydrogen-bond acceptors (Lipinski definition) is 2. The number of hydrogen-bond donors (Lipinski definition) is 0. The topological polar surface area (TPSA) is 18.5 Å². The van der Waals surface area contributed by atoms with Gasteiger partial charge in [0.2, 0.25) is 0 Å². The molecule has 0 spiro atoms. The maximum absolute atomic E-state index is 6.17. The van der Waals surface area contributed by atoms with Crippen LogP contribution >= 0.6 is 0 Å². The summed E-state index contributed by atoms with van der Waals surface area (Å²) in [4.78, 5) is 0. The van der Waals surface area contributed by atoms with Gasteiger partial charge in [0.25, 0.3) is 0 Å². The predicted octanol–water partition coefficient (Wildman–Crippen LogP) is 4.81. The molecule has 0 amide bonds. The fourth-order valence-electron chi connectivity index (χ4n) is 3.86. The lowest BCUT2D eigenvalue weighted by atomic mass is 9.97. The minimum Gasteiger partial charge on any atom is -0.458 e. The van der Waals surface area contributed by atoms with Crippen molar-refractivity contribution in [2.45, 2.75) is 6.42 Å². The highest BCUT2D eigenvalue weighted by Gasteiger charge is 2.20. The second kappa shape index (κ2) is 6.11. The van der Waals surface area contributed by atoms with Crippen molar-refractivity contribution in [3.63, 3.8) is 0 Å². The molecule has 2 aliphatic rings. The van der Waals surface area contributed by atoms with Gasteiger partial charge in [-0.05, 0) is 56.9 Å². The molecule has 2 aliphatic heterocycles. The van der Waals surface area contributed by atoms with Crippen LogP contribution in [0.1, 0.15) is 11.1 Å². The van der Waals surface area contributed by atoms with Gasteiger partial charge >= 0.3 is 0 Å². The number of para-hydroxylation sites is 2. The van der Waals surface area contributed by atoms with Crippen LogP contribution in [0.4, 0.5) is 0 Å². The molecule has 0 aromatic heterocycles. The number of fused-ring (bicyclic) bond motifs is 4. The van der Waals surface area contributed by atoms with Crippen LogP contribution < -0.4 is 19.8 Å². The summed E-state index contributed by atoms with van der Waals surface area (Å²) in [5, 5.41) is 2.52. The molecule has 2 heterocycles. The normalized spacial score (nSPS) is 13.3. The van der Waals surface area contributed by atoms with Gasteiger partial charge < -0.3 is 9.47 Å². The average Bonchev–Trinajstić information content (AvgIpc) is 2.75. The first-order valence-corrected chi connectivity index (χ1v) is 10.4. The molecule has 0 saturated carbocycles. The molecule has 132 valence electrons. The lowest BCUT2D eigenvalue weighted by Crippen LogP contribution is -2.33. The van der Waals surface area contributed by atoms with Gasteiger partial charge in [-0.25, -0.2) is 0 Å². The zero-order valence-electron chi connectivity index (χ0n) is 15.1. The maximum Gasteiger partial charge on any atom is 0.131 e. The molecule has 0 atom stereocenters. The van der Waals surface area contributed by atoms with Crippen LogP contribution in [-0.2, 0) is 6.42 Å². The van der Waals surface area contributed by atoms with Gasteiger partial charge in [0.15, 0.2) is 0 Å². The molecule has 0 bridgehead atoms. The number of ether oxygens (including phenoxy) is 2. The Morgan fingerprint density at radius 3 is 2.11 bits per heavy atom. The minimum absolute atomic E-state index is 0.633. The zero-order valence-corrected chi connectivity index (χ0v) is 16.1. The Morgan fingerprint density at radius 1 is 0.536 bits per heavy atom. The van der Waals surface area contributed by atoms with Crippen LogP contribution in [0.15, 0.2) is 84.9 Å². The number of rotatable bonds is 1. The largest absolute Gasteiger partial charge is 0.458 e. The van der Waals surface area contributed by atoms with E-state index in [1.165, 1.54) is 21.5 Å². The van der Waals surface area contributed by atoms with Crippen molar-refractivity contribution < 1.29 is 9.47 Å². The van der Waals surface area contributed by atoms with Crippen molar-refractivity contribution in [3.8, 4) is 34.1 Å². The molecule has 28 heavy (non-hydrogen) atoms. The SMILES string of the molecule is c1ccc2c(c1)Cc1ccc(-c3ccc4c(c3)Oc3ccccc3[Si]4)cc1O2. The highest BCUT2D eigenvalue weighted by atomic mass is 28.2. The summed E-state index contributed by atoms with van der Waals surface area (Å²) in [5.74, 6) is 3.83. The molecule has 2 nitrogen and oxygen atoms in total. The van der Waals surface area contributed by atoms with Gasteiger partial charge in [-0.15, -0.1) is 0 Å². The van der Waals surface area contributed by atoms with Crippen molar-refractivity contribution in [2.24, 2.45) is 0 Å². The van der Waals surface area contributed by atoms with Gasteiger partial charge in [-0.1, -0.05) is 60.7 Å². The van der Waals surface area contributed by atoms with E-state index in [0.717, 1.165) is 40.5 Å². The third-order valence-electron chi connectivity index (χ3n) is 5.33. The molecule has 4 aromatic carbocycles. The van der Waals surface area contributed by atoms with Crippen LogP contribution in [0.3, 0.4) is 0 Å². The lowest BCUT2D eigenvalue weighted by Gasteiger charge is -2.22. The van der Waals surface area contributed by atoms with Crippen LogP contribution in [0.25, 0.3) is 11.1 Å². The summed E-state index contributed by atoms with van der Waals surface area (Å²) in [5.41, 5.74) is 4.76. The van der Waals surface area contributed by atoms with E-state index in [-0.39, 0.29) is 0 Å². The van der Waals surface area contributed by atoms with Crippen LogP contribution in [0, 0.1) is 0 Å². The molecule has 0 aliphatic carbocycles. The van der Waals surface area contributed by atoms with E-state index in [1.807, 2.05) is 24.3 Å². The van der Waals surface area contributed by atoms with Crippen molar-refractivity contribution >= 4 is 19.9 Å². The summed E-state index contributed by atoms with van der Waals surface area (Å²) in [7, 11) is 0.633. The molecule has 6 rings (SSSR count). The molecule has 3 heteroatoms. The van der Waals surface area contributed by atoms with Crippen molar-refractivity contribution in [2.75, 3.05) is 0 Å². The van der Waals surface area contributed by atoms with Crippen molar-refractivity contribution in [3.05, 3.63) is 96.1 Å². The highest BCUT2D eigenvalue weighted by molar-refractivity contribution is 6.69. The monoisotopic (exact) mass is 376 g/mol. The van der Waals surface area contributed by atoms with E-state index in [1.54, 1.807) is 0 Å². The summed E-state index contributed by atoms with van der Waals surface area (Å²) in [6.07, 6.45) is 0.914. The Hall–Kier alpha value is -3.30. The molecular weight excluding hydrogens is 360 g/mol. The van der Waals surface area contributed by atoms with Crippen LogP contribution in [-0.4, -0.2) is 9.52 Å². The van der Waals surface area contributed by atoms with Gasteiger partial charge in [0.1, 0.15) is 32.5 Å². The first-order chi connectivity index (χ1) is 13.8. The average molecular weight is 376 g/mol. The molecular formula is C25H16O2Si. The second-order valence-electron chi connectivity index (χ2n) is 7.14. The Kier molecular flexibility index (Phi) is 3.43. The van der Waals surface area contributed by atoms with Crippen LogP contribution in [0.2, 0.25) is 0 Å². The standard InChI is InChI=1S/C25H16O2Si/c1-2-6-20-18(5-1)13-19-10-9-16(14-22(19)26-20)17-11-12-25-23(15-17)27-21-7-3-4-8-24(21)28-25/h1-12,14-15H,13H2. The Bertz CT molecular complexity index is 1130. The summed E-state index contributed by atoms with van der Waals surface area (Å²) in [6.45, 7) is 0. The summed E-state index contributed by atoms with van der Waals surface area (Å²) < 4.78 is 12.3. The molecule has 0 unspecified atom stereocenters. The van der Waals surface area contributed by atoms with Crippen molar-refractivity contribution in [1.82, 2.24) is 0 Å². The van der Waals surface area contributed by atoms with Crippen LogP contribution in [0.5, 0.6) is 23.0 Å². The third-order valence-corrected chi connectivity index (χ3v) is 6.70. The summed E-state index contributed by atoms with van der Waals surface area (Å²) >= 11 is 0. The highest BCUT2D eigenvalue weighted by Crippen LogP contribution is 2.39. The molecule has 2 radical (unpaired) electrons. The van der Waals surface area contributed by atoms with Gasteiger partial charge in [0.05, 0.1) is 0 Å². The van der Waals surface area contributed by atoms with E-state index >= 15 is 0 Å². The predicted molar refractivity (Wildman–Crippen MR) is 113 cm³/mol. The Morgan fingerprint density at radius 2 is 1.18 bits per heavy atom. The molecule has 0 fully saturated rings. The van der Waals surface area contributed by atoms with Gasteiger partial charge in [0, 0.05) is 6.42 Å². The van der Waals surface area contributed by atoms with Gasteiger partial charge in [-0.2, -0.15) is 0 Å². The van der Waals surface area contributed by atoms with E-state index in [9.17, 15) is 0 Å². The number of benzene rings is 4. The first kappa shape index (κ1) is 15.7. The third kappa shape index (κ3) is 2.55. The fraction of sp³-hybridized carbons (Fsp3) is 0.0400. The first-order valence-electron chi connectivity index (χ1n) is 9.40. The second-order valence-corrected chi connectivity index (χ2v) is 8.47. The van der Waals surface area contributed by atoms with E-state index < -0.39 is 0 Å². The zero-order chi connectivity index (χ0) is 18.5. The van der Waals surface area contributed by atoms with E-state index in [0.29, 0.717) is 9.52 Å². The maximum atomic E-state index is 6.17. The lowest BCUT2D eigenvalue weighted by molar-refractivity contribution is 0.460. The van der Waals surface area contributed by atoms with E-state index in [4.69, 9.17) is 9.47 Å². The smallest absolute Gasteiger partial charge is 0.131 e. The van der Waals surface area contributed by atoms with Gasteiger partial charge in [-0.3, -0.25) is 0 Å². The Balaban J connectivity index is 1.36. The minimum atomic E-state index is 0.633. The summed E-state index contributed by atoms with van der Waals surface area (Å²) in [6, 6.07) is 29.6. The van der Waals surface area contributed by atoms with Crippen molar-refractivity contribution in [1.29, 1.82) is 0 Å². The molecule has 0 saturated heterocycles. The van der Waals surface area contributed by atoms with E-state index in [2.05, 4.69) is 60.7 Å². The molecule has 0 N–H and O–H groups in total. The quantitative estimate of drug-likeness (QED) is 0.383.